The molecule has 0 saturated heterocycles. The van der Waals surface area contributed by atoms with Gasteiger partial charge in [-0.1, -0.05) is 50.2 Å². The Hall–Kier alpha value is -3.28. The van der Waals surface area contributed by atoms with Gasteiger partial charge in [-0.2, -0.15) is 5.10 Å². The molecule has 30 heavy (non-hydrogen) atoms. The number of aromatic nitrogens is 1. The Morgan fingerprint density at radius 3 is 2.73 bits per heavy atom. The number of hydrazone groups is 1. The fourth-order valence-electron chi connectivity index (χ4n) is 3.37. The number of benzene rings is 2. The number of carbonyl (C=O) groups is 1. The molecule has 6 nitrogen and oxygen atoms in total. The van der Waals surface area contributed by atoms with Crippen LogP contribution in [-0.4, -0.2) is 30.1 Å². The molecule has 3 aromatic rings. The summed E-state index contributed by atoms with van der Waals surface area (Å²) in [6.45, 7) is 7.73. The van der Waals surface area contributed by atoms with Crippen LogP contribution in [0.1, 0.15) is 44.2 Å². The number of para-hydroxylation sites is 2. The predicted octanol–water partition coefficient (Wildman–Crippen LogP) is 5.31. The maximum atomic E-state index is 11.4. The van der Waals surface area contributed by atoms with E-state index in [1.54, 1.807) is 13.1 Å². The third-order valence-corrected chi connectivity index (χ3v) is 5.11. The summed E-state index contributed by atoms with van der Waals surface area (Å²) < 4.78 is 13.1. The highest BCUT2D eigenvalue weighted by Crippen LogP contribution is 2.28. The van der Waals surface area contributed by atoms with Crippen LogP contribution < -0.4 is 10.2 Å². The number of hydrogen-bond acceptors (Lipinski definition) is 4. The maximum absolute atomic E-state index is 11.4. The number of nitrogens with zero attached hydrogens (tertiary/aromatic N) is 2. The highest BCUT2D eigenvalue weighted by Gasteiger charge is 2.11. The monoisotopic (exact) mass is 407 g/mol. The van der Waals surface area contributed by atoms with Crippen LogP contribution in [0.5, 0.6) is 5.75 Å². The second-order valence-corrected chi connectivity index (χ2v) is 7.08. The molecule has 1 aromatic heterocycles. The minimum Gasteiger partial charge on any atom is -0.491 e. The average Bonchev–Trinajstić information content (AvgIpc) is 3.11. The molecule has 0 aliphatic rings. The number of rotatable bonds is 9. The normalized spacial score (nSPS) is 12.2. The van der Waals surface area contributed by atoms with Crippen LogP contribution in [0.3, 0.4) is 0 Å². The van der Waals surface area contributed by atoms with Crippen molar-refractivity contribution in [3.05, 3.63) is 65.9 Å². The number of nitrogens with one attached hydrogen (secondary N) is 1. The molecule has 0 aliphatic heterocycles. The Morgan fingerprint density at radius 2 is 1.93 bits per heavy atom. The minimum absolute atomic E-state index is 0.306. The highest BCUT2D eigenvalue weighted by atomic mass is 16.5. The summed E-state index contributed by atoms with van der Waals surface area (Å²) in [6, 6.07) is 16.3. The molecule has 1 N–H and O–H groups in total. The third-order valence-electron chi connectivity index (χ3n) is 5.11. The van der Waals surface area contributed by atoms with Gasteiger partial charge >= 0.3 is 6.09 Å². The molecule has 0 aliphatic carbocycles. The molecule has 0 saturated carbocycles. The van der Waals surface area contributed by atoms with Crippen LogP contribution in [0, 0.1) is 0 Å². The van der Waals surface area contributed by atoms with E-state index in [4.69, 9.17) is 9.47 Å². The van der Waals surface area contributed by atoms with E-state index in [1.165, 1.54) is 5.56 Å². The molecular weight excluding hydrogens is 378 g/mol. The van der Waals surface area contributed by atoms with Crippen LogP contribution >= 0.6 is 0 Å². The van der Waals surface area contributed by atoms with Gasteiger partial charge in [-0.15, -0.1) is 0 Å². The largest absolute Gasteiger partial charge is 0.491 e. The summed E-state index contributed by atoms with van der Waals surface area (Å²) in [5, 5.41) is 5.06. The second-order valence-electron chi connectivity index (χ2n) is 7.08. The van der Waals surface area contributed by atoms with Crippen molar-refractivity contribution in [2.24, 2.45) is 5.10 Å². The summed E-state index contributed by atoms with van der Waals surface area (Å²) in [6.07, 6.45) is 4.16. The molecule has 1 heterocycles. The number of amides is 1. The van der Waals surface area contributed by atoms with Crippen molar-refractivity contribution in [1.82, 2.24) is 9.99 Å². The van der Waals surface area contributed by atoms with Crippen molar-refractivity contribution in [2.45, 2.75) is 39.7 Å². The van der Waals surface area contributed by atoms with E-state index < -0.39 is 6.09 Å². The Balaban J connectivity index is 1.71. The summed E-state index contributed by atoms with van der Waals surface area (Å²) in [5.41, 5.74) is 5.62. The van der Waals surface area contributed by atoms with Gasteiger partial charge in [0.05, 0.1) is 19.4 Å². The number of ether oxygens (including phenoxy) is 2. The lowest BCUT2D eigenvalue weighted by Crippen LogP contribution is -2.18. The highest BCUT2D eigenvalue weighted by molar-refractivity contribution is 5.99. The molecule has 2 aromatic carbocycles. The Labute approximate surface area is 177 Å². The van der Waals surface area contributed by atoms with Crippen molar-refractivity contribution in [1.29, 1.82) is 0 Å². The molecule has 0 bridgehead atoms. The van der Waals surface area contributed by atoms with Crippen LogP contribution in [0.4, 0.5) is 4.79 Å². The molecule has 1 unspecified atom stereocenters. The summed E-state index contributed by atoms with van der Waals surface area (Å²) in [5.74, 6) is 1.41. The topological polar surface area (TPSA) is 64.8 Å². The van der Waals surface area contributed by atoms with Gasteiger partial charge in [0.15, 0.2) is 0 Å². The summed E-state index contributed by atoms with van der Waals surface area (Å²) in [7, 11) is 0. The van der Waals surface area contributed by atoms with Crippen LogP contribution in [0.25, 0.3) is 10.9 Å². The number of carbonyl (C=O) groups excluding carboxylic acids is 1. The first-order valence-corrected chi connectivity index (χ1v) is 10.4. The number of fused-ring (bicyclic) bond motifs is 1. The fourth-order valence-corrected chi connectivity index (χ4v) is 3.37. The summed E-state index contributed by atoms with van der Waals surface area (Å²) in [4.78, 5) is 11.4. The van der Waals surface area contributed by atoms with Crippen molar-refractivity contribution >= 4 is 23.2 Å². The van der Waals surface area contributed by atoms with E-state index in [0.29, 0.717) is 25.7 Å². The predicted molar refractivity (Wildman–Crippen MR) is 120 cm³/mol. The van der Waals surface area contributed by atoms with E-state index in [-0.39, 0.29) is 0 Å². The molecular formula is C24H29N3O3. The SMILES string of the molecule is CCOC(=O)NN=Cc1cn(CCOc2ccccc2C(C)CC)c2ccccc12. The lowest BCUT2D eigenvalue weighted by atomic mass is 9.98. The summed E-state index contributed by atoms with van der Waals surface area (Å²) >= 11 is 0. The first kappa shape index (κ1) is 21.4. The fraction of sp³-hybridized carbons (Fsp3) is 0.333. The molecule has 1 atom stereocenters. The van der Waals surface area contributed by atoms with E-state index >= 15 is 0 Å². The van der Waals surface area contributed by atoms with Gasteiger partial charge in [0.25, 0.3) is 0 Å². The van der Waals surface area contributed by atoms with Crippen molar-refractivity contribution in [3.63, 3.8) is 0 Å². The van der Waals surface area contributed by atoms with E-state index in [0.717, 1.165) is 28.6 Å². The van der Waals surface area contributed by atoms with Crippen molar-refractivity contribution < 1.29 is 14.3 Å². The molecule has 0 spiro atoms. The average molecular weight is 408 g/mol. The lowest BCUT2D eigenvalue weighted by molar-refractivity contribution is 0.152. The van der Waals surface area contributed by atoms with Gasteiger partial charge in [-0.05, 0) is 37.0 Å². The van der Waals surface area contributed by atoms with Crippen LogP contribution in [-0.2, 0) is 11.3 Å². The third kappa shape index (κ3) is 5.20. The molecule has 1 amide bonds. The molecule has 0 radical (unpaired) electrons. The van der Waals surface area contributed by atoms with Gasteiger partial charge in [-0.25, -0.2) is 10.2 Å². The maximum Gasteiger partial charge on any atom is 0.427 e. The Kier molecular flexibility index (Phi) is 7.49. The first-order valence-electron chi connectivity index (χ1n) is 10.4. The van der Waals surface area contributed by atoms with Gasteiger partial charge < -0.3 is 14.0 Å². The zero-order chi connectivity index (χ0) is 21.3. The standard InChI is InChI=1S/C24H29N3O3/c1-4-18(3)20-10-7-9-13-23(20)30-15-14-27-17-19(16-25-26-24(28)29-5-2)21-11-6-8-12-22(21)27/h6-13,16-18H,4-5,14-15H2,1-3H3,(H,26,28). The van der Waals surface area contributed by atoms with Crippen molar-refractivity contribution in [2.75, 3.05) is 13.2 Å². The van der Waals surface area contributed by atoms with E-state index in [1.807, 2.05) is 36.5 Å². The quantitative estimate of drug-likeness (QED) is 0.386. The zero-order valence-corrected chi connectivity index (χ0v) is 17.8. The van der Waals surface area contributed by atoms with Gasteiger partial charge in [-0.3, -0.25) is 0 Å². The van der Waals surface area contributed by atoms with Crippen molar-refractivity contribution in [3.8, 4) is 5.75 Å². The van der Waals surface area contributed by atoms with E-state index in [2.05, 4.69) is 47.1 Å². The van der Waals surface area contributed by atoms with Crippen LogP contribution in [0.15, 0.2) is 59.8 Å². The Morgan fingerprint density at radius 1 is 1.17 bits per heavy atom. The van der Waals surface area contributed by atoms with E-state index in [9.17, 15) is 4.79 Å². The molecule has 3 rings (SSSR count). The van der Waals surface area contributed by atoms with Gasteiger partial charge in [0, 0.05) is 22.7 Å². The minimum atomic E-state index is -0.564. The smallest absolute Gasteiger partial charge is 0.427 e. The van der Waals surface area contributed by atoms with Gasteiger partial charge in [0.1, 0.15) is 12.4 Å². The molecule has 0 fully saturated rings. The van der Waals surface area contributed by atoms with Gasteiger partial charge in [0.2, 0.25) is 0 Å². The number of hydrogen-bond donors (Lipinski definition) is 1. The second kappa shape index (κ2) is 10.5. The lowest BCUT2D eigenvalue weighted by Gasteiger charge is -2.16. The first-order chi connectivity index (χ1) is 14.6. The zero-order valence-electron chi connectivity index (χ0n) is 17.8. The van der Waals surface area contributed by atoms with Crippen LogP contribution in [0.2, 0.25) is 0 Å². The molecule has 158 valence electrons. The Bertz CT molecular complexity index is 1010. The molecule has 6 heteroatoms.